The van der Waals surface area contributed by atoms with Gasteiger partial charge >= 0.3 is 0 Å². The quantitative estimate of drug-likeness (QED) is 0.817. The fourth-order valence-corrected chi connectivity index (χ4v) is 2.72. The summed E-state index contributed by atoms with van der Waals surface area (Å²) < 4.78 is 0. The zero-order valence-corrected chi connectivity index (χ0v) is 11.5. The molecule has 0 spiro atoms. The van der Waals surface area contributed by atoms with Crippen LogP contribution in [0.2, 0.25) is 0 Å². The average Bonchev–Trinajstić information content (AvgIpc) is 2.47. The second-order valence-corrected chi connectivity index (χ2v) is 5.22. The number of hydrogen-bond acceptors (Lipinski definition) is 5. The van der Waals surface area contributed by atoms with Gasteiger partial charge in [0.15, 0.2) is 5.65 Å². The van der Waals surface area contributed by atoms with Crippen LogP contribution >= 0.6 is 0 Å². The molecule has 100 valence electrons. The van der Waals surface area contributed by atoms with E-state index in [2.05, 4.69) is 38.8 Å². The van der Waals surface area contributed by atoms with Crippen LogP contribution in [0, 0.1) is 0 Å². The zero-order valence-electron chi connectivity index (χ0n) is 11.5. The number of piperidine rings is 1. The molecule has 0 radical (unpaired) electrons. The van der Waals surface area contributed by atoms with Gasteiger partial charge in [0.2, 0.25) is 0 Å². The van der Waals surface area contributed by atoms with Gasteiger partial charge in [0.1, 0.15) is 12.1 Å². The molecular weight excluding hydrogens is 238 g/mol. The molecule has 19 heavy (non-hydrogen) atoms. The molecule has 0 aliphatic carbocycles. The molecule has 5 nitrogen and oxygen atoms in total. The smallest absolute Gasteiger partial charge is 0.164 e. The topological polar surface area (TPSA) is 45.2 Å². The Labute approximate surface area is 113 Å². The molecule has 3 heterocycles. The van der Waals surface area contributed by atoms with Crippen molar-refractivity contribution in [2.24, 2.45) is 0 Å². The maximum Gasteiger partial charge on any atom is 0.164 e. The van der Waals surface area contributed by atoms with E-state index in [9.17, 15) is 0 Å². The van der Waals surface area contributed by atoms with E-state index in [-0.39, 0.29) is 0 Å². The van der Waals surface area contributed by atoms with Crippen molar-refractivity contribution in [3.63, 3.8) is 0 Å². The summed E-state index contributed by atoms with van der Waals surface area (Å²) in [7, 11) is 4.31. The lowest BCUT2D eigenvalue weighted by atomic mass is 10.0. The first kappa shape index (κ1) is 12.3. The number of nitrogens with zero attached hydrogens (tertiary/aromatic N) is 5. The van der Waals surface area contributed by atoms with Gasteiger partial charge in [-0.25, -0.2) is 15.0 Å². The molecule has 0 amide bonds. The molecule has 0 atom stereocenters. The second kappa shape index (κ2) is 5.09. The lowest BCUT2D eigenvalue weighted by molar-refractivity contribution is 0.252. The normalized spacial score (nSPS) is 17.8. The highest BCUT2D eigenvalue weighted by Gasteiger charge is 2.22. The van der Waals surface area contributed by atoms with Gasteiger partial charge in [-0.1, -0.05) is 0 Å². The van der Waals surface area contributed by atoms with Crippen molar-refractivity contribution in [3.8, 4) is 0 Å². The fourth-order valence-electron chi connectivity index (χ4n) is 2.72. The molecular formula is C14H19N5. The van der Waals surface area contributed by atoms with Crippen molar-refractivity contribution in [1.82, 2.24) is 19.9 Å². The minimum atomic E-state index is 0.550. The van der Waals surface area contributed by atoms with Crippen molar-refractivity contribution in [1.29, 1.82) is 0 Å². The van der Waals surface area contributed by atoms with Gasteiger partial charge in [0, 0.05) is 19.3 Å². The lowest BCUT2D eigenvalue weighted by Crippen LogP contribution is -2.42. The third kappa shape index (κ3) is 2.38. The number of rotatable bonds is 2. The van der Waals surface area contributed by atoms with Crippen molar-refractivity contribution in [2.45, 2.75) is 18.9 Å². The Morgan fingerprint density at radius 3 is 2.79 bits per heavy atom. The van der Waals surface area contributed by atoms with E-state index >= 15 is 0 Å². The fraction of sp³-hybridized carbons (Fsp3) is 0.500. The molecule has 0 bridgehead atoms. The Morgan fingerprint density at radius 1 is 1.21 bits per heavy atom. The van der Waals surface area contributed by atoms with Crippen LogP contribution in [0.15, 0.2) is 24.7 Å². The van der Waals surface area contributed by atoms with Crippen molar-refractivity contribution in [2.75, 3.05) is 32.1 Å². The van der Waals surface area contributed by atoms with Crippen molar-refractivity contribution < 1.29 is 0 Å². The molecule has 1 fully saturated rings. The standard InChI is InChI=1S/C14H19N5/c1-18-8-5-11(6-9-18)19(2)14-12-4-3-7-15-13(12)16-10-17-14/h3-4,7,10-11H,5-6,8-9H2,1-2H3. The van der Waals surface area contributed by atoms with Crippen LogP contribution in [0.3, 0.4) is 0 Å². The molecule has 0 N–H and O–H groups in total. The number of anilines is 1. The molecule has 2 aromatic rings. The van der Waals surface area contributed by atoms with E-state index in [0.29, 0.717) is 6.04 Å². The maximum atomic E-state index is 4.46. The summed E-state index contributed by atoms with van der Waals surface area (Å²) >= 11 is 0. The molecule has 1 aliphatic heterocycles. The number of likely N-dealkylation sites (tertiary alicyclic amines) is 1. The molecule has 0 saturated carbocycles. The summed E-state index contributed by atoms with van der Waals surface area (Å²) in [5.74, 6) is 0.993. The number of pyridine rings is 1. The first-order valence-electron chi connectivity index (χ1n) is 6.73. The van der Waals surface area contributed by atoms with Crippen LogP contribution in [0.1, 0.15) is 12.8 Å². The lowest BCUT2D eigenvalue weighted by Gasteiger charge is -2.36. The zero-order chi connectivity index (χ0) is 13.2. The summed E-state index contributed by atoms with van der Waals surface area (Å²) in [5, 5.41) is 1.03. The van der Waals surface area contributed by atoms with Crippen molar-refractivity contribution >= 4 is 16.9 Å². The number of aromatic nitrogens is 3. The molecule has 5 heteroatoms. The summed E-state index contributed by atoms with van der Waals surface area (Å²) in [6.07, 6.45) is 5.74. The van der Waals surface area contributed by atoms with E-state index in [1.54, 1.807) is 12.5 Å². The van der Waals surface area contributed by atoms with E-state index < -0.39 is 0 Å². The summed E-state index contributed by atoms with van der Waals surface area (Å²) in [5.41, 5.74) is 0.771. The van der Waals surface area contributed by atoms with Gasteiger partial charge in [0.25, 0.3) is 0 Å². The van der Waals surface area contributed by atoms with E-state index in [0.717, 1.165) is 29.9 Å². The van der Waals surface area contributed by atoms with Gasteiger partial charge in [-0.3, -0.25) is 0 Å². The number of hydrogen-bond donors (Lipinski definition) is 0. The molecule has 1 saturated heterocycles. The van der Waals surface area contributed by atoms with Gasteiger partial charge in [-0.05, 0) is 45.1 Å². The Hall–Kier alpha value is -1.75. The van der Waals surface area contributed by atoms with Crippen LogP contribution in [-0.4, -0.2) is 53.1 Å². The van der Waals surface area contributed by atoms with E-state index in [1.165, 1.54) is 12.8 Å². The van der Waals surface area contributed by atoms with Gasteiger partial charge in [0.05, 0.1) is 5.39 Å². The predicted octanol–water partition coefficient (Wildman–Crippen LogP) is 1.56. The molecule has 0 aromatic carbocycles. The first-order valence-corrected chi connectivity index (χ1v) is 6.73. The van der Waals surface area contributed by atoms with E-state index in [4.69, 9.17) is 0 Å². The van der Waals surface area contributed by atoms with Crippen LogP contribution in [-0.2, 0) is 0 Å². The van der Waals surface area contributed by atoms with Crippen LogP contribution < -0.4 is 4.90 Å². The SMILES string of the molecule is CN1CCC(N(C)c2ncnc3ncccc23)CC1. The molecule has 0 unspecified atom stereocenters. The molecule has 1 aliphatic rings. The predicted molar refractivity (Wildman–Crippen MR) is 76.3 cm³/mol. The second-order valence-electron chi connectivity index (χ2n) is 5.22. The highest BCUT2D eigenvalue weighted by molar-refractivity contribution is 5.86. The Morgan fingerprint density at radius 2 is 2.00 bits per heavy atom. The highest BCUT2D eigenvalue weighted by atomic mass is 15.2. The van der Waals surface area contributed by atoms with Gasteiger partial charge in [-0.2, -0.15) is 0 Å². The summed E-state index contributed by atoms with van der Waals surface area (Å²) in [6, 6.07) is 4.54. The molecule has 3 rings (SSSR count). The maximum absolute atomic E-state index is 4.46. The highest BCUT2D eigenvalue weighted by Crippen LogP contribution is 2.25. The summed E-state index contributed by atoms with van der Waals surface area (Å²) in [4.78, 5) is 17.7. The Bertz CT molecular complexity index is 557. The third-order valence-electron chi connectivity index (χ3n) is 3.96. The monoisotopic (exact) mass is 257 g/mol. The minimum absolute atomic E-state index is 0.550. The molecule has 2 aromatic heterocycles. The average molecular weight is 257 g/mol. The van der Waals surface area contributed by atoms with Crippen LogP contribution in [0.25, 0.3) is 11.0 Å². The van der Waals surface area contributed by atoms with Crippen molar-refractivity contribution in [3.05, 3.63) is 24.7 Å². The van der Waals surface area contributed by atoms with E-state index in [1.807, 2.05) is 12.1 Å². The Kier molecular flexibility index (Phi) is 3.29. The number of fused-ring (bicyclic) bond motifs is 1. The van der Waals surface area contributed by atoms with Gasteiger partial charge in [-0.15, -0.1) is 0 Å². The first-order chi connectivity index (χ1) is 9.25. The van der Waals surface area contributed by atoms with Crippen LogP contribution in [0.5, 0.6) is 0 Å². The van der Waals surface area contributed by atoms with Crippen LogP contribution in [0.4, 0.5) is 5.82 Å². The minimum Gasteiger partial charge on any atom is -0.356 e. The third-order valence-corrected chi connectivity index (χ3v) is 3.96. The summed E-state index contributed by atoms with van der Waals surface area (Å²) in [6.45, 7) is 2.30. The Balaban J connectivity index is 1.91. The largest absolute Gasteiger partial charge is 0.356 e. The van der Waals surface area contributed by atoms with Gasteiger partial charge < -0.3 is 9.80 Å².